The standard InChI is InChI=1S/C16H27N3O2/c1-10-13(7-6-12(15(20)21)16(10,3)4)18-11(2)14-8-9-17-19(14)5/h8-13,18H,6-7H2,1-5H3,(H,20,21). The van der Waals surface area contributed by atoms with Crippen LogP contribution in [0.5, 0.6) is 0 Å². The highest BCUT2D eigenvalue weighted by atomic mass is 16.4. The summed E-state index contributed by atoms with van der Waals surface area (Å²) in [5.74, 6) is -0.606. The zero-order valence-electron chi connectivity index (χ0n) is 13.6. The second-order valence-corrected chi connectivity index (χ2v) is 6.95. The van der Waals surface area contributed by atoms with Crippen LogP contribution in [0.3, 0.4) is 0 Å². The minimum absolute atomic E-state index is 0.200. The average molecular weight is 293 g/mol. The van der Waals surface area contributed by atoms with Gasteiger partial charge >= 0.3 is 5.97 Å². The highest BCUT2D eigenvalue weighted by Gasteiger charge is 2.46. The Morgan fingerprint density at radius 3 is 2.71 bits per heavy atom. The predicted octanol–water partition coefficient (Wildman–Crippen LogP) is 2.60. The van der Waals surface area contributed by atoms with Gasteiger partial charge in [-0.2, -0.15) is 5.10 Å². The van der Waals surface area contributed by atoms with Gasteiger partial charge in [0.2, 0.25) is 0 Å². The zero-order chi connectivity index (χ0) is 15.8. The summed E-state index contributed by atoms with van der Waals surface area (Å²) in [5.41, 5.74) is 0.953. The summed E-state index contributed by atoms with van der Waals surface area (Å²) in [6.07, 6.45) is 3.45. The van der Waals surface area contributed by atoms with E-state index < -0.39 is 5.97 Å². The third-order valence-corrected chi connectivity index (χ3v) is 5.51. The monoisotopic (exact) mass is 293 g/mol. The topological polar surface area (TPSA) is 67.2 Å². The lowest BCUT2D eigenvalue weighted by molar-refractivity contribution is -0.150. The first kappa shape index (κ1) is 16.0. The molecule has 0 aromatic carbocycles. The van der Waals surface area contributed by atoms with E-state index in [9.17, 15) is 9.90 Å². The molecule has 4 unspecified atom stereocenters. The Bertz CT molecular complexity index is 509. The Balaban J connectivity index is 2.09. The molecule has 0 amide bonds. The maximum Gasteiger partial charge on any atom is 0.307 e. The molecular formula is C16H27N3O2. The highest BCUT2D eigenvalue weighted by molar-refractivity contribution is 5.71. The van der Waals surface area contributed by atoms with Gasteiger partial charge in [-0.05, 0) is 37.2 Å². The Hall–Kier alpha value is -1.36. The van der Waals surface area contributed by atoms with Crippen molar-refractivity contribution >= 4 is 5.97 Å². The molecule has 4 atom stereocenters. The molecule has 1 aromatic heterocycles. The van der Waals surface area contributed by atoms with Crippen molar-refractivity contribution in [3.05, 3.63) is 18.0 Å². The summed E-state index contributed by atoms with van der Waals surface area (Å²) in [6.45, 7) is 8.47. The molecular weight excluding hydrogens is 266 g/mol. The lowest BCUT2D eigenvalue weighted by Crippen LogP contribution is -2.51. The largest absolute Gasteiger partial charge is 0.481 e. The summed E-state index contributed by atoms with van der Waals surface area (Å²) in [5, 5.41) is 17.3. The molecule has 2 N–H and O–H groups in total. The first-order chi connectivity index (χ1) is 9.75. The molecule has 5 nitrogen and oxygen atoms in total. The molecule has 2 rings (SSSR count). The average Bonchev–Trinajstić information content (AvgIpc) is 2.81. The van der Waals surface area contributed by atoms with E-state index in [0.29, 0.717) is 12.0 Å². The van der Waals surface area contributed by atoms with Crippen LogP contribution in [-0.2, 0) is 11.8 Å². The molecule has 5 heteroatoms. The van der Waals surface area contributed by atoms with Crippen LogP contribution < -0.4 is 5.32 Å². The number of nitrogens with zero attached hydrogens (tertiary/aromatic N) is 2. The summed E-state index contributed by atoms with van der Waals surface area (Å²) in [4.78, 5) is 11.4. The van der Waals surface area contributed by atoms with Gasteiger partial charge < -0.3 is 10.4 Å². The van der Waals surface area contributed by atoms with Crippen LogP contribution in [0, 0.1) is 17.3 Å². The van der Waals surface area contributed by atoms with Crippen molar-refractivity contribution in [1.82, 2.24) is 15.1 Å². The SMILES string of the molecule is CC(NC1CCC(C(=O)O)C(C)(C)C1C)c1ccnn1C. The summed E-state index contributed by atoms with van der Waals surface area (Å²) >= 11 is 0. The van der Waals surface area contributed by atoms with Crippen LogP contribution in [0.1, 0.15) is 52.3 Å². The highest BCUT2D eigenvalue weighted by Crippen LogP contribution is 2.45. The summed E-state index contributed by atoms with van der Waals surface area (Å²) in [6, 6.07) is 2.57. The van der Waals surface area contributed by atoms with Crippen molar-refractivity contribution in [2.24, 2.45) is 24.3 Å². The normalized spacial score (nSPS) is 30.0. The smallest absolute Gasteiger partial charge is 0.307 e. The van der Waals surface area contributed by atoms with Crippen LogP contribution in [0.4, 0.5) is 0 Å². The van der Waals surface area contributed by atoms with Crippen molar-refractivity contribution in [3.8, 4) is 0 Å². The van der Waals surface area contributed by atoms with Crippen molar-refractivity contribution < 1.29 is 9.90 Å². The van der Waals surface area contributed by atoms with E-state index in [2.05, 4.69) is 38.1 Å². The maximum atomic E-state index is 11.4. The number of carboxylic acid groups (broad SMARTS) is 1. The lowest BCUT2D eigenvalue weighted by atomic mass is 9.61. The van der Waals surface area contributed by atoms with Crippen LogP contribution >= 0.6 is 0 Å². The molecule has 1 saturated carbocycles. The number of hydrogen-bond donors (Lipinski definition) is 2. The summed E-state index contributed by atoms with van der Waals surface area (Å²) < 4.78 is 1.89. The molecule has 0 spiro atoms. The Labute approximate surface area is 126 Å². The van der Waals surface area contributed by atoms with Crippen molar-refractivity contribution in [2.75, 3.05) is 0 Å². The third kappa shape index (κ3) is 2.98. The lowest BCUT2D eigenvalue weighted by Gasteiger charge is -2.47. The number of hydrogen-bond acceptors (Lipinski definition) is 3. The van der Waals surface area contributed by atoms with Crippen LogP contribution in [-0.4, -0.2) is 26.9 Å². The van der Waals surface area contributed by atoms with Crippen molar-refractivity contribution in [2.45, 2.75) is 52.6 Å². The number of carboxylic acids is 1. The molecule has 1 aliphatic rings. The van der Waals surface area contributed by atoms with E-state index in [0.717, 1.165) is 18.5 Å². The van der Waals surface area contributed by atoms with Gasteiger partial charge in [-0.15, -0.1) is 0 Å². The molecule has 0 aliphatic heterocycles. The first-order valence-electron chi connectivity index (χ1n) is 7.72. The van der Waals surface area contributed by atoms with Crippen LogP contribution in [0.25, 0.3) is 0 Å². The quantitative estimate of drug-likeness (QED) is 0.895. The van der Waals surface area contributed by atoms with E-state index in [1.807, 2.05) is 24.0 Å². The minimum Gasteiger partial charge on any atom is -0.481 e. The number of aliphatic carboxylic acids is 1. The van der Waals surface area contributed by atoms with Crippen LogP contribution in [0.2, 0.25) is 0 Å². The molecule has 1 aliphatic carbocycles. The first-order valence-corrected chi connectivity index (χ1v) is 7.72. The second kappa shape index (κ2) is 5.79. The molecule has 0 saturated heterocycles. The summed E-state index contributed by atoms with van der Waals surface area (Å²) in [7, 11) is 1.95. The number of nitrogens with one attached hydrogen (secondary N) is 1. The van der Waals surface area contributed by atoms with E-state index in [-0.39, 0.29) is 17.4 Å². The van der Waals surface area contributed by atoms with Crippen molar-refractivity contribution in [1.29, 1.82) is 0 Å². The molecule has 118 valence electrons. The van der Waals surface area contributed by atoms with E-state index in [1.54, 1.807) is 0 Å². The number of rotatable bonds is 4. The zero-order valence-corrected chi connectivity index (χ0v) is 13.6. The van der Waals surface area contributed by atoms with Crippen molar-refractivity contribution in [3.63, 3.8) is 0 Å². The number of aromatic nitrogens is 2. The molecule has 21 heavy (non-hydrogen) atoms. The Kier molecular flexibility index (Phi) is 4.42. The van der Waals surface area contributed by atoms with Gasteiger partial charge in [0.05, 0.1) is 11.6 Å². The fraction of sp³-hybridized carbons (Fsp3) is 0.750. The fourth-order valence-electron chi connectivity index (χ4n) is 3.69. The molecule has 1 aromatic rings. The van der Waals surface area contributed by atoms with Crippen LogP contribution in [0.15, 0.2) is 12.3 Å². The maximum absolute atomic E-state index is 11.4. The predicted molar refractivity (Wildman–Crippen MR) is 81.9 cm³/mol. The molecule has 1 fully saturated rings. The van der Waals surface area contributed by atoms with E-state index in [1.165, 1.54) is 0 Å². The van der Waals surface area contributed by atoms with Gasteiger partial charge in [0.25, 0.3) is 0 Å². The fourth-order valence-corrected chi connectivity index (χ4v) is 3.69. The molecule has 0 bridgehead atoms. The Morgan fingerprint density at radius 1 is 1.52 bits per heavy atom. The van der Waals surface area contributed by atoms with Gasteiger partial charge in [-0.1, -0.05) is 20.8 Å². The van der Waals surface area contributed by atoms with Gasteiger partial charge in [0.15, 0.2) is 0 Å². The van der Waals surface area contributed by atoms with E-state index >= 15 is 0 Å². The number of aryl methyl sites for hydroxylation is 1. The molecule has 1 heterocycles. The van der Waals surface area contributed by atoms with E-state index in [4.69, 9.17) is 0 Å². The minimum atomic E-state index is -0.662. The third-order valence-electron chi connectivity index (χ3n) is 5.51. The van der Waals surface area contributed by atoms with Gasteiger partial charge in [-0.25, -0.2) is 0 Å². The van der Waals surface area contributed by atoms with Gasteiger partial charge in [-0.3, -0.25) is 9.48 Å². The van der Waals surface area contributed by atoms with Gasteiger partial charge in [0.1, 0.15) is 0 Å². The number of carbonyl (C=O) groups is 1. The van der Waals surface area contributed by atoms with Gasteiger partial charge in [0, 0.05) is 25.3 Å². The second-order valence-electron chi connectivity index (χ2n) is 6.95. The molecule has 0 radical (unpaired) electrons. The Morgan fingerprint density at radius 2 is 2.19 bits per heavy atom.